The second-order valence-corrected chi connectivity index (χ2v) is 2.26. The molecule has 1 aliphatic rings. The standard InChI is InChI=1S/C7H10O3/c1-2-3-4-5-6(10-5)7(8)9/h2-4H2,1H3,(H,8,9). The molecule has 0 atom stereocenters. The lowest BCUT2D eigenvalue weighted by molar-refractivity contribution is -0.133. The lowest BCUT2D eigenvalue weighted by atomic mass is 10.2. The van der Waals surface area contributed by atoms with Crippen LogP contribution in [0.5, 0.6) is 0 Å². The molecule has 0 amide bonds. The van der Waals surface area contributed by atoms with E-state index in [0.29, 0.717) is 5.76 Å². The molecule has 0 radical (unpaired) electrons. The summed E-state index contributed by atoms with van der Waals surface area (Å²) < 4.78 is 4.71. The normalized spacial score (nSPS) is 14.9. The highest BCUT2D eigenvalue weighted by atomic mass is 16.6. The topological polar surface area (TPSA) is 49.8 Å². The molecule has 0 bridgehead atoms. The number of carbonyl (C=O) groups is 1. The Morgan fingerprint density at radius 2 is 2.40 bits per heavy atom. The van der Waals surface area contributed by atoms with Crippen molar-refractivity contribution in [1.82, 2.24) is 0 Å². The van der Waals surface area contributed by atoms with Crippen molar-refractivity contribution in [3.8, 4) is 0 Å². The SMILES string of the molecule is CCCCC1=C(C(=O)O)O1. The number of ether oxygens (including phenoxy) is 1. The number of unbranched alkanes of at least 4 members (excludes halogenated alkanes) is 1. The lowest BCUT2D eigenvalue weighted by Crippen LogP contribution is -1.88. The Labute approximate surface area is 59.3 Å². The minimum absolute atomic E-state index is 0.161. The summed E-state index contributed by atoms with van der Waals surface area (Å²) >= 11 is 0. The second-order valence-electron chi connectivity index (χ2n) is 2.26. The number of carboxylic acids is 1. The minimum Gasteiger partial charge on any atom is -0.475 e. The fourth-order valence-corrected chi connectivity index (χ4v) is 0.763. The largest absolute Gasteiger partial charge is 0.475 e. The van der Waals surface area contributed by atoms with E-state index in [4.69, 9.17) is 9.84 Å². The summed E-state index contributed by atoms with van der Waals surface area (Å²) in [6.07, 6.45) is 2.85. The van der Waals surface area contributed by atoms with Crippen molar-refractivity contribution < 1.29 is 14.6 Å². The number of allylic oxidation sites excluding steroid dienone is 1. The van der Waals surface area contributed by atoms with Gasteiger partial charge >= 0.3 is 5.97 Å². The Morgan fingerprint density at radius 1 is 1.70 bits per heavy atom. The molecule has 10 heavy (non-hydrogen) atoms. The summed E-state index contributed by atoms with van der Waals surface area (Å²) in [4.78, 5) is 10.2. The molecule has 0 aromatic heterocycles. The summed E-state index contributed by atoms with van der Waals surface area (Å²) in [6.45, 7) is 2.06. The molecule has 1 N–H and O–H groups in total. The molecular weight excluding hydrogens is 132 g/mol. The summed E-state index contributed by atoms with van der Waals surface area (Å²) in [5.41, 5.74) is 0. The van der Waals surface area contributed by atoms with Gasteiger partial charge in [-0.1, -0.05) is 13.3 Å². The molecule has 1 heterocycles. The molecule has 0 fully saturated rings. The van der Waals surface area contributed by atoms with Crippen molar-refractivity contribution in [3.05, 3.63) is 11.5 Å². The van der Waals surface area contributed by atoms with Crippen LogP contribution in [0.4, 0.5) is 0 Å². The minimum atomic E-state index is -0.939. The maximum absolute atomic E-state index is 10.2. The van der Waals surface area contributed by atoms with Gasteiger partial charge in [0.25, 0.3) is 0 Å². The first-order valence-corrected chi connectivity index (χ1v) is 3.40. The van der Waals surface area contributed by atoms with Gasteiger partial charge in [0, 0.05) is 6.42 Å². The van der Waals surface area contributed by atoms with E-state index in [-0.39, 0.29) is 5.76 Å². The van der Waals surface area contributed by atoms with Gasteiger partial charge in [0.2, 0.25) is 5.76 Å². The van der Waals surface area contributed by atoms with E-state index in [0.717, 1.165) is 19.3 Å². The average molecular weight is 142 g/mol. The molecular formula is C7H10O3. The molecule has 0 saturated heterocycles. The van der Waals surface area contributed by atoms with Gasteiger partial charge in [0.15, 0.2) is 5.76 Å². The van der Waals surface area contributed by atoms with Gasteiger partial charge < -0.3 is 9.84 Å². The van der Waals surface area contributed by atoms with Gasteiger partial charge in [-0.25, -0.2) is 4.79 Å². The van der Waals surface area contributed by atoms with Crippen LogP contribution in [-0.4, -0.2) is 11.1 Å². The number of carboxylic acid groups (broad SMARTS) is 1. The summed E-state index contributed by atoms with van der Waals surface area (Å²) in [5.74, 6) is -0.117. The zero-order valence-electron chi connectivity index (χ0n) is 5.89. The van der Waals surface area contributed by atoms with Gasteiger partial charge in [-0.2, -0.15) is 0 Å². The number of aliphatic carboxylic acids is 1. The zero-order valence-corrected chi connectivity index (χ0v) is 5.89. The molecule has 0 aliphatic carbocycles. The summed E-state index contributed by atoms with van der Waals surface area (Å²) in [7, 11) is 0. The van der Waals surface area contributed by atoms with Crippen LogP contribution in [0.2, 0.25) is 0 Å². The highest BCUT2D eigenvalue weighted by Crippen LogP contribution is 2.30. The molecule has 3 heteroatoms. The van der Waals surface area contributed by atoms with Crippen LogP contribution in [0.15, 0.2) is 11.5 Å². The van der Waals surface area contributed by atoms with Gasteiger partial charge in [-0.05, 0) is 6.42 Å². The Morgan fingerprint density at radius 3 is 2.80 bits per heavy atom. The lowest BCUT2D eigenvalue weighted by Gasteiger charge is -1.83. The molecule has 1 aliphatic heterocycles. The maximum atomic E-state index is 10.2. The second kappa shape index (κ2) is 2.73. The maximum Gasteiger partial charge on any atom is 0.375 e. The van der Waals surface area contributed by atoms with Gasteiger partial charge in [-0.15, -0.1) is 0 Å². The molecule has 3 nitrogen and oxygen atoms in total. The Bertz CT molecular complexity index is 181. The Hall–Kier alpha value is -0.990. The first-order chi connectivity index (χ1) is 4.75. The predicted octanol–water partition coefficient (Wildman–Crippen LogP) is 1.50. The highest BCUT2D eigenvalue weighted by Gasteiger charge is 2.30. The first kappa shape index (κ1) is 7.12. The van der Waals surface area contributed by atoms with E-state index < -0.39 is 5.97 Å². The molecule has 0 aromatic rings. The Kier molecular flexibility index (Phi) is 1.94. The van der Waals surface area contributed by atoms with Crippen molar-refractivity contribution in [2.24, 2.45) is 0 Å². The molecule has 0 saturated carbocycles. The average Bonchev–Trinajstić information content (AvgIpc) is 2.62. The number of hydrogen-bond acceptors (Lipinski definition) is 2. The van der Waals surface area contributed by atoms with E-state index in [1.54, 1.807) is 0 Å². The zero-order chi connectivity index (χ0) is 7.56. The van der Waals surface area contributed by atoms with Crippen molar-refractivity contribution in [2.75, 3.05) is 0 Å². The van der Waals surface area contributed by atoms with E-state index in [9.17, 15) is 4.79 Å². The van der Waals surface area contributed by atoms with Gasteiger partial charge in [0.05, 0.1) is 0 Å². The fraction of sp³-hybridized carbons (Fsp3) is 0.571. The third-order valence-corrected chi connectivity index (χ3v) is 1.39. The van der Waals surface area contributed by atoms with Crippen LogP contribution in [-0.2, 0) is 9.53 Å². The van der Waals surface area contributed by atoms with Crippen molar-refractivity contribution in [2.45, 2.75) is 26.2 Å². The van der Waals surface area contributed by atoms with Crippen molar-refractivity contribution in [1.29, 1.82) is 0 Å². The monoisotopic (exact) mass is 142 g/mol. The van der Waals surface area contributed by atoms with Crippen LogP contribution in [0.25, 0.3) is 0 Å². The van der Waals surface area contributed by atoms with Crippen LogP contribution < -0.4 is 0 Å². The van der Waals surface area contributed by atoms with E-state index in [2.05, 4.69) is 6.92 Å². The smallest absolute Gasteiger partial charge is 0.375 e. The predicted molar refractivity (Wildman–Crippen MR) is 35.3 cm³/mol. The molecule has 1 rings (SSSR count). The van der Waals surface area contributed by atoms with Crippen LogP contribution in [0, 0.1) is 0 Å². The molecule has 0 unspecified atom stereocenters. The quantitative estimate of drug-likeness (QED) is 0.647. The highest BCUT2D eigenvalue weighted by molar-refractivity contribution is 5.88. The summed E-state index contributed by atoms with van der Waals surface area (Å²) in [5, 5.41) is 8.34. The third kappa shape index (κ3) is 1.50. The molecule has 0 spiro atoms. The van der Waals surface area contributed by atoms with Crippen LogP contribution in [0.1, 0.15) is 26.2 Å². The number of hydrogen-bond donors (Lipinski definition) is 1. The fourth-order valence-electron chi connectivity index (χ4n) is 0.763. The Balaban J connectivity index is 2.27. The third-order valence-electron chi connectivity index (χ3n) is 1.39. The van der Waals surface area contributed by atoms with Crippen LogP contribution >= 0.6 is 0 Å². The van der Waals surface area contributed by atoms with E-state index >= 15 is 0 Å². The summed E-state index contributed by atoms with van der Waals surface area (Å²) in [6, 6.07) is 0. The molecule has 56 valence electrons. The van der Waals surface area contributed by atoms with Gasteiger partial charge in [-0.3, -0.25) is 0 Å². The number of rotatable bonds is 4. The van der Waals surface area contributed by atoms with Crippen molar-refractivity contribution in [3.63, 3.8) is 0 Å². The van der Waals surface area contributed by atoms with Crippen LogP contribution in [0.3, 0.4) is 0 Å². The van der Waals surface area contributed by atoms with E-state index in [1.165, 1.54) is 0 Å². The van der Waals surface area contributed by atoms with Crippen molar-refractivity contribution >= 4 is 5.97 Å². The molecule has 0 aromatic carbocycles. The van der Waals surface area contributed by atoms with E-state index in [1.807, 2.05) is 0 Å². The van der Waals surface area contributed by atoms with Gasteiger partial charge in [0.1, 0.15) is 0 Å². The first-order valence-electron chi connectivity index (χ1n) is 3.40.